The number of aromatic nitrogens is 2. The number of fused-ring (bicyclic) bond motifs is 1. The van der Waals surface area contributed by atoms with E-state index in [4.69, 9.17) is 5.10 Å². The van der Waals surface area contributed by atoms with E-state index < -0.39 is 0 Å². The van der Waals surface area contributed by atoms with Crippen LogP contribution in [0.5, 0.6) is 0 Å². The Morgan fingerprint density at radius 1 is 1.26 bits per heavy atom. The summed E-state index contributed by atoms with van der Waals surface area (Å²) in [7, 11) is 0. The predicted molar refractivity (Wildman–Crippen MR) is 75.1 cm³/mol. The zero-order valence-corrected chi connectivity index (χ0v) is 11.3. The Balaban J connectivity index is 1.71. The fourth-order valence-electron chi connectivity index (χ4n) is 3.27. The summed E-state index contributed by atoms with van der Waals surface area (Å²) in [5.74, 6) is 1.15. The Morgan fingerprint density at radius 3 is 2.68 bits per heavy atom. The van der Waals surface area contributed by atoms with Crippen LogP contribution in [0.1, 0.15) is 50.3 Å². The molecule has 100 valence electrons. The molecule has 1 unspecified atom stereocenters. The van der Waals surface area contributed by atoms with E-state index in [0.29, 0.717) is 17.9 Å². The van der Waals surface area contributed by atoms with Crippen molar-refractivity contribution < 1.29 is 5.11 Å². The summed E-state index contributed by atoms with van der Waals surface area (Å²) in [6.07, 6.45) is 4.53. The standard InChI is InChI=1S/C16H20N2O/c1-10(19)12-8-13(9-12)18-15-5-3-2-4-14(15)16(17-18)11-6-7-11/h2-5,10-13,19H,6-9H2,1H3. The molecule has 3 nitrogen and oxygen atoms in total. The Bertz CT molecular complexity index is 606. The first kappa shape index (κ1) is 11.5. The van der Waals surface area contributed by atoms with Crippen molar-refractivity contribution >= 4 is 10.9 Å². The van der Waals surface area contributed by atoms with Gasteiger partial charge in [0.15, 0.2) is 0 Å². The SMILES string of the molecule is CC(O)C1CC(n2nc(C3CC3)c3ccccc32)C1. The third-order valence-corrected chi connectivity index (χ3v) is 4.78. The summed E-state index contributed by atoms with van der Waals surface area (Å²) in [5, 5.41) is 15.9. The highest BCUT2D eigenvalue weighted by Crippen LogP contribution is 2.45. The molecule has 2 fully saturated rings. The number of nitrogens with zero attached hydrogens (tertiary/aromatic N) is 2. The number of benzene rings is 1. The predicted octanol–water partition coefficient (Wildman–Crippen LogP) is 3.25. The van der Waals surface area contributed by atoms with Crippen LogP contribution in [0.4, 0.5) is 0 Å². The van der Waals surface area contributed by atoms with Gasteiger partial charge in [-0.2, -0.15) is 5.10 Å². The average molecular weight is 256 g/mol. The summed E-state index contributed by atoms with van der Waals surface area (Å²) in [6.45, 7) is 1.90. The lowest BCUT2D eigenvalue weighted by Crippen LogP contribution is -2.34. The van der Waals surface area contributed by atoms with Gasteiger partial charge >= 0.3 is 0 Å². The maximum absolute atomic E-state index is 9.62. The molecule has 0 saturated heterocycles. The maximum atomic E-state index is 9.62. The summed E-state index contributed by atoms with van der Waals surface area (Å²) in [6, 6.07) is 9.08. The molecule has 1 N–H and O–H groups in total. The third-order valence-electron chi connectivity index (χ3n) is 4.78. The minimum Gasteiger partial charge on any atom is -0.393 e. The second-order valence-corrected chi connectivity index (χ2v) is 6.25. The smallest absolute Gasteiger partial charge is 0.0734 e. The van der Waals surface area contributed by atoms with Gasteiger partial charge in [-0.3, -0.25) is 4.68 Å². The quantitative estimate of drug-likeness (QED) is 0.915. The molecule has 2 aliphatic rings. The Hall–Kier alpha value is -1.35. The minimum atomic E-state index is -0.180. The summed E-state index contributed by atoms with van der Waals surface area (Å²) in [5.41, 5.74) is 2.58. The van der Waals surface area contributed by atoms with Gasteiger partial charge in [-0.1, -0.05) is 18.2 Å². The minimum absolute atomic E-state index is 0.180. The summed E-state index contributed by atoms with van der Waals surface area (Å²) >= 11 is 0. The highest BCUT2D eigenvalue weighted by atomic mass is 16.3. The molecule has 1 atom stereocenters. The van der Waals surface area contributed by atoms with Crippen molar-refractivity contribution in [1.29, 1.82) is 0 Å². The zero-order valence-electron chi connectivity index (χ0n) is 11.3. The second-order valence-electron chi connectivity index (χ2n) is 6.25. The second kappa shape index (κ2) is 4.07. The van der Waals surface area contributed by atoms with Crippen LogP contribution >= 0.6 is 0 Å². The number of hydrogen-bond donors (Lipinski definition) is 1. The van der Waals surface area contributed by atoms with E-state index in [1.54, 1.807) is 0 Å². The van der Waals surface area contributed by atoms with Gasteiger partial charge in [-0.05, 0) is 44.6 Å². The van der Waals surface area contributed by atoms with Crippen LogP contribution in [-0.4, -0.2) is 21.0 Å². The molecule has 0 radical (unpaired) electrons. The Labute approximate surface area is 113 Å². The molecule has 2 aliphatic carbocycles. The number of rotatable bonds is 3. The van der Waals surface area contributed by atoms with Crippen molar-refractivity contribution in [3.05, 3.63) is 30.0 Å². The van der Waals surface area contributed by atoms with Gasteiger partial charge in [-0.15, -0.1) is 0 Å². The van der Waals surface area contributed by atoms with E-state index in [2.05, 4.69) is 28.9 Å². The fourth-order valence-corrected chi connectivity index (χ4v) is 3.27. The van der Waals surface area contributed by atoms with Crippen molar-refractivity contribution in [3.8, 4) is 0 Å². The van der Waals surface area contributed by atoms with Gasteiger partial charge in [-0.25, -0.2) is 0 Å². The van der Waals surface area contributed by atoms with E-state index >= 15 is 0 Å². The fraction of sp³-hybridized carbons (Fsp3) is 0.562. The van der Waals surface area contributed by atoms with Crippen molar-refractivity contribution in [3.63, 3.8) is 0 Å². The van der Waals surface area contributed by atoms with Crippen LogP contribution < -0.4 is 0 Å². The lowest BCUT2D eigenvalue weighted by molar-refractivity contribution is 0.0419. The number of aliphatic hydroxyl groups excluding tert-OH is 1. The van der Waals surface area contributed by atoms with Crippen LogP contribution in [0.25, 0.3) is 10.9 Å². The largest absolute Gasteiger partial charge is 0.393 e. The highest BCUT2D eigenvalue weighted by molar-refractivity contribution is 5.83. The average Bonchev–Trinajstić information content (AvgIpc) is 3.11. The molecule has 2 aromatic rings. The lowest BCUT2D eigenvalue weighted by atomic mass is 9.77. The molecule has 3 heteroatoms. The van der Waals surface area contributed by atoms with E-state index in [9.17, 15) is 5.11 Å². The van der Waals surface area contributed by atoms with Crippen molar-refractivity contribution in [1.82, 2.24) is 9.78 Å². The van der Waals surface area contributed by atoms with Crippen LogP contribution in [0.2, 0.25) is 0 Å². The molecule has 0 spiro atoms. The Morgan fingerprint density at radius 2 is 2.00 bits per heavy atom. The highest BCUT2D eigenvalue weighted by Gasteiger charge is 2.36. The van der Waals surface area contributed by atoms with Crippen LogP contribution in [0.15, 0.2) is 24.3 Å². The van der Waals surface area contributed by atoms with E-state index in [1.807, 2.05) is 6.92 Å². The first-order chi connectivity index (χ1) is 9.24. The first-order valence-corrected chi connectivity index (χ1v) is 7.39. The van der Waals surface area contributed by atoms with E-state index in [-0.39, 0.29) is 6.10 Å². The monoisotopic (exact) mass is 256 g/mol. The molecule has 4 rings (SSSR count). The molecule has 1 aromatic heterocycles. The van der Waals surface area contributed by atoms with Gasteiger partial charge in [0, 0.05) is 11.3 Å². The molecule has 0 amide bonds. The molecular weight excluding hydrogens is 236 g/mol. The number of hydrogen-bond acceptors (Lipinski definition) is 2. The van der Waals surface area contributed by atoms with E-state index in [1.165, 1.54) is 29.4 Å². The molecule has 0 aliphatic heterocycles. The Kier molecular flexibility index (Phi) is 2.46. The van der Waals surface area contributed by atoms with Crippen LogP contribution in [0.3, 0.4) is 0 Å². The van der Waals surface area contributed by atoms with Crippen molar-refractivity contribution in [2.24, 2.45) is 5.92 Å². The zero-order chi connectivity index (χ0) is 13.0. The molecule has 1 heterocycles. The lowest BCUT2D eigenvalue weighted by Gasteiger charge is -2.37. The number of aliphatic hydroxyl groups is 1. The maximum Gasteiger partial charge on any atom is 0.0734 e. The molecule has 1 aromatic carbocycles. The third kappa shape index (κ3) is 1.79. The van der Waals surface area contributed by atoms with Crippen LogP contribution in [-0.2, 0) is 0 Å². The van der Waals surface area contributed by atoms with Crippen LogP contribution in [0, 0.1) is 5.92 Å². The molecular formula is C16H20N2O. The van der Waals surface area contributed by atoms with Gasteiger partial charge in [0.25, 0.3) is 0 Å². The van der Waals surface area contributed by atoms with E-state index in [0.717, 1.165) is 12.8 Å². The van der Waals surface area contributed by atoms with Crippen molar-refractivity contribution in [2.75, 3.05) is 0 Å². The van der Waals surface area contributed by atoms with Gasteiger partial charge in [0.2, 0.25) is 0 Å². The summed E-state index contributed by atoms with van der Waals surface area (Å²) in [4.78, 5) is 0. The molecule has 2 saturated carbocycles. The van der Waals surface area contributed by atoms with Crippen molar-refractivity contribution in [2.45, 2.75) is 50.7 Å². The molecule has 0 bridgehead atoms. The summed E-state index contributed by atoms with van der Waals surface area (Å²) < 4.78 is 2.22. The first-order valence-electron chi connectivity index (χ1n) is 7.39. The van der Waals surface area contributed by atoms with Gasteiger partial charge in [0.1, 0.15) is 0 Å². The normalized spacial score (nSPS) is 28.3. The topological polar surface area (TPSA) is 38.0 Å². The van der Waals surface area contributed by atoms with Gasteiger partial charge < -0.3 is 5.11 Å². The molecule has 19 heavy (non-hydrogen) atoms. The van der Waals surface area contributed by atoms with Gasteiger partial charge in [0.05, 0.1) is 23.4 Å². The number of para-hydroxylation sites is 1.